The van der Waals surface area contributed by atoms with E-state index < -0.39 is 0 Å². The van der Waals surface area contributed by atoms with Crippen molar-refractivity contribution in [2.24, 2.45) is 0 Å². The van der Waals surface area contributed by atoms with Crippen molar-refractivity contribution in [2.45, 2.75) is 51.7 Å². The number of hydrogen-bond donors (Lipinski definition) is 1. The van der Waals surface area contributed by atoms with Crippen LogP contribution in [0.4, 0.5) is 0 Å². The second kappa shape index (κ2) is 6.58. The van der Waals surface area contributed by atoms with Crippen LogP contribution in [0.5, 0.6) is 0 Å². The first-order valence-electron chi connectivity index (χ1n) is 6.64. The topological polar surface area (TPSA) is 18.5 Å². The van der Waals surface area contributed by atoms with Gasteiger partial charge >= 0.3 is 0 Å². The molecule has 0 spiro atoms. The average Bonchev–Trinajstić information content (AvgIpc) is 2.53. The Morgan fingerprint density at radius 2 is 2.12 bits per heavy atom. The van der Waals surface area contributed by atoms with Crippen molar-refractivity contribution in [3.8, 4) is 0 Å². The Hall–Kier alpha value is -0.120. The van der Waals surface area contributed by atoms with Crippen molar-refractivity contribution < 1.29 is 0 Å². The first-order chi connectivity index (χ1) is 7.50. The third-order valence-corrected chi connectivity index (χ3v) is 3.89. The Kier molecular flexibility index (Phi) is 5.73. The maximum atomic E-state index is 3.67. The molecule has 16 heavy (non-hydrogen) atoms. The largest absolute Gasteiger partial charge is 0.313 e. The number of rotatable bonds is 6. The summed E-state index contributed by atoms with van der Waals surface area (Å²) in [5, 5.41) is 3.67. The van der Waals surface area contributed by atoms with Gasteiger partial charge in [0, 0.05) is 24.7 Å². The van der Waals surface area contributed by atoms with Crippen LogP contribution < -0.4 is 5.32 Å². The predicted octanol–water partition coefficient (Wildman–Crippen LogP) is 1.40. The van der Waals surface area contributed by atoms with Gasteiger partial charge in [-0.25, -0.2) is 0 Å². The third-order valence-electron chi connectivity index (χ3n) is 3.89. The summed E-state index contributed by atoms with van der Waals surface area (Å²) in [7, 11) is 4.43. The highest BCUT2D eigenvalue weighted by Crippen LogP contribution is 2.14. The number of likely N-dealkylation sites (tertiary alicyclic amines) is 1. The van der Waals surface area contributed by atoms with Crippen LogP contribution in [0.25, 0.3) is 0 Å². The molecule has 1 fully saturated rings. The van der Waals surface area contributed by atoms with E-state index >= 15 is 0 Å². The molecule has 2 unspecified atom stereocenters. The van der Waals surface area contributed by atoms with Crippen LogP contribution in [0.15, 0.2) is 0 Å². The molecule has 3 nitrogen and oxygen atoms in total. The minimum atomic E-state index is 0.664. The Morgan fingerprint density at radius 1 is 1.44 bits per heavy atom. The van der Waals surface area contributed by atoms with Gasteiger partial charge in [-0.15, -0.1) is 0 Å². The van der Waals surface area contributed by atoms with Gasteiger partial charge in [0.2, 0.25) is 0 Å². The summed E-state index contributed by atoms with van der Waals surface area (Å²) in [5.41, 5.74) is 0. The summed E-state index contributed by atoms with van der Waals surface area (Å²) in [4.78, 5) is 4.85. The molecule has 0 amide bonds. The number of nitrogens with one attached hydrogen (secondary N) is 1. The minimum absolute atomic E-state index is 0.664. The number of likely N-dealkylation sites (N-methyl/N-ethyl adjacent to an activating group) is 1. The van der Waals surface area contributed by atoms with E-state index in [4.69, 9.17) is 0 Å². The maximum absolute atomic E-state index is 3.67. The summed E-state index contributed by atoms with van der Waals surface area (Å²) in [6.07, 6.45) is 2.56. The van der Waals surface area contributed by atoms with Gasteiger partial charge in [-0.2, -0.15) is 0 Å². The Balaban J connectivity index is 2.04. The van der Waals surface area contributed by atoms with Gasteiger partial charge < -0.3 is 15.1 Å². The first-order valence-corrected chi connectivity index (χ1v) is 6.64. The molecule has 1 rings (SSSR count). The average molecular weight is 227 g/mol. The molecule has 0 radical (unpaired) electrons. The lowest BCUT2D eigenvalue weighted by molar-refractivity contribution is 0.267. The van der Waals surface area contributed by atoms with Crippen molar-refractivity contribution in [3.05, 3.63) is 0 Å². The lowest BCUT2D eigenvalue weighted by Gasteiger charge is -2.21. The molecule has 1 saturated heterocycles. The third kappa shape index (κ3) is 4.40. The van der Waals surface area contributed by atoms with Crippen LogP contribution >= 0.6 is 0 Å². The number of nitrogens with zero attached hydrogens (tertiary/aromatic N) is 2. The minimum Gasteiger partial charge on any atom is -0.313 e. The van der Waals surface area contributed by atoms with Crippen LogP contribution in [0.2, 0.25) is 0 Å². The van der Waals surface area contributed by atoms with Crippen LogP contribution in [0.3, 0.4) is 0 Å². The summed E-state index contributed by atoms with van der Waals surface area (Å²) < 4.78 is 0. The molecule has 3 heteroatoms. The Labute approximate surface area is 101 Å². The van der Waals surface area contributed by atoms with Gasteiger partial charge in [-0.1, -0.05) is 0 Å². The molecule has 2 atom stereocenters. The molecule has 0 aromatic rings. The standard InChI is InChI=1S/C13H29N3/c1-11(2)15(4)8-6-7-14-13-9-12(3)16(5)10-13/h11-14H,6-10H2,1-5H3. The molecule has 0 aliphatic carbocycles. The molecule has 0 aromatic heterocycles. The maximum Gasteiger partial charge on any atom is 0.0209 e. The van der Waals surface area contributed by atoms with Gasteiger partial charge in [0.05, 0.1) is 0 Å². The molecule has 0 bridgehead atoms. The van der Waals surface area contributed by atoms with E-state index in [9.17, 15) is 0 Å². The summed E-state index contributed by atoms with van der Waals surface area (Å²) in [6.45, 7) is 10.4. The highest BCUT2D eigenvalue weighted by Gasteiger charge is 2.25. The van der Waals surface area contributed by atoms with E-state index in [-0.39, 0.29) is 0 Å². The molecule has 1 aliphatic rings. The van der Waals surface area contributed by atoms with Crippen LogP contribution in [0, 0.1) is 0 Å². The van der Waals surface area contributed by atoms with E-state index in [0.717, 1.165) is 12.6 Å². The van der Waals surface area contributed by atoms with Gasteiger partial charge in [0.1, 0.15) is 0 Å². The van der Waals surface area contributed by atoms with E-state index in [1.165, 1.54) is 25.9 Å². The van der Waals surface area contributed by atoms with Gasteiger partial charge in [-0.05, 0) is 60.8 Å². The zero-order valence-electron chi connectivity index (χ0n) is 11.7. The molecule has 1 heterocycles. The lowest BCUT2D eigenvalue weighted by atomic mass is 10.2. The normalized spacial score (nSPS) is 27.2. The molecule has 96 valence electrons. The highest BCUT2D eigenvalue weighted by molar-refractivity contribution is 4.84. The quantitative estimate of drug-likeness (QED) is 0.692. The summed E-state index contributed by atoms with van der Waals surface area (Å²) in [5.74, 6) is 0. The van der Waals surface area contributed by atoms with Crippen molar-refractivity contribution in [1.29, 1.82) is 0 Å². The van der Waals surface area contributed by atoms with Gasteiger partial charge in [-0.3, -0.25) is 0 Å². The lowest BCUT2D eigenvalue weighted by Crippen LogP contribution is -2.34. The molecule has 1 aliphatic heterocycles. The van der Waals surface area contributed by atoms with Crippen molar-refractivity contribution >= 4 is 0 Å². The van der Waals surface area contributed by atoms with Gasteiger partial charge in [0.25, 0.3) is 0 Å². The second-order valence-electron chi connectivity index (χ2n) is 5.60. The van der Waals surface area contributed by atoms with E-state index in [1.807, 2.05) is 0 Å². The van der Waals surface area contributed by atoms with E-state index in [0.29, 0.717) is 12.1 Å². The molecular formula is C13H29N3. The van der Waals surface area contributed by atoms with Crippen molar-refractivity contribution in [1.82, 2.24) is 15.1 Å². The zero-order chi connectivity index (χ0) is 12.1. The van der Waals surface area contributed by atoms with Crippen LogP contribution in [-0.4, -0.2) is 61.7 Å². The Bertz CT molecular complexity index is 184. The monoisotopic (exact) mass is 227 g/mol. The predicted molar refractivity (Wildman–Crippen MR) is 70.9 cm³/mol. The first kappa shape index (κ1) is 13.9. The zero-order valence-corrected chi connectivity index (χ0v) is 11.7. The summed E-state index contributed by atoms with van der Waals surface area (Å²) >= 11 is 0. The van der Waals surface area contributed by atoms with E-state index in [1.54, 1.807) is 0 Å². The second-order valence-corrected chi connectivity index (χ2v) is 5.60. The van der Waals surface area contributed by atoms with Crippen LogP contribution in [0.1, 0.15) is 33.6 Å². The molecular weight excluding hydrogens is 198 g/mol. The Morgan fingerprint density at radius 3 is 2.62 bits per heavy atom. The molecule has 1 N–H and O–H groups in total. The summed E-state index contributed by atoms with van der Waals surface area (Å²) in [6, 6.07) is 2.12. The fourth-order valence-electron chi connectivity index (χ4n) is 2.23. The SMILES string of the molecule is CC(C)N(C)CCCNC1CC(C)N(C)C1. The fourth-order valence-corrected chi connectivity index (χ4v) is 2.23. The fraction of sp³-hybridized carbons (Fsp3) is 1.00. The molecule has 0 saturated carbocycles. The smallest absolute Gasteiger partial charge is 0.0209 e. The van der Waals surface area contributed by atoms with Crippen LogP contribution in [-0.2, 0) is 0 Å². The molecule has 0 aromatic carbocycles. The van der Waals surface area contributed by atoms with E-state index in [2.05, 4.69) is 50.0 Å². The van der Waals surface area contributed by atoms with Crippen molar-refractivity contribution in [2.75, 3.05) is 33.7 Å². The highest BCUT2D eigenvalue weighted by atomic mass is 15.2. The van der Waals surface area contributed by atoms with Gasteiger partial charge in [0.15, 0.2) is 0 Å². The van der Waals surface area contributed by atoms with Crippen molar-refractivity contribution in [3.63, 3.8) is 0 Å². The number of hydrogen-bond acceptors (Lipinski definition) is 3.